The van der Waals surface area contributed by atoms with Crippen LogP contribution in [-0.2, 0) is 0 Å². The number of rotatable bonds is 4. The highest BCUT2D eigenvalue weighted by Crippen LogP contribution is 2.33. The molecule has 0 fully saturated rings. The minimum absolute atomic E-state index is 0.146. The van der Waals surface area contributed by atoms with E-state index in [1.165, 1.54) is 23.5 Å². The predicted octanol–water partition coefficient (Wildman–Crippen LogP) is 6.09. The van der Waals surface area contributed by atoms with Gasteiger partial charge in [0.25, 0.3) is 11.6 Å². The van der Waals surface area contributed by atoms with E-state index < -0.39 is 10.8 Å². The van der Waals surface area contributed by atoms with Crippen LogP contribution in [0.25, 0.3) is 21.5 Å². The third-order valence-corrected chi connectivity index (χ3v) is 5.64. The predicted molar refractivity (Wildman–Crippen MR) is 116 cm³/mol. The van der Waals surface area contributed by atoms with Gasteiger partial charge >= 0.3 is 0 Å². The molecule has 1 amide bonds. The number of nitro groups is 1. The minimum Gasteiger partial charge on any atom is -0.316 e. The van der Waals surface area contributed by atoms with Gasteiger partial charge < -0.3 is 5.32 Å². The number of aromatic nitrogens is 1. The van der Waals surface area contributed by atoms with Gasteiger partial charge in [0.05, 0.1) is 30.9 Å². The van der Waals surface area contributed by atoms with Crippen LogP contribution in [0.15, 0.2) is 60.7 Å². The molecule has 8 heteroatoms. The Morgan fingerprint density at radius 2 is 1.93 bits per heavy atom. The van der Waals surface area contributed by atoms with E-state index in [4.69, 9.17) is 11.6 Å². The number of hydrogen-bond donors (Lipinski definition) is 1. The Labute approximate surface area is 174 Å². The number of thiophene rings is 1. The molecule has 0 aliphatic heterocycles. The highest BCUT2D eigenvalue weighted by Gasteiger charge is 2.19. The fraction of sp³-hybridized carbons (Fsp3) is 0.0476. The van der Waals surface area contributed by atoms with E-state index in [2.05, 4.69) is 10.3 Å². The fourth-order valence-corrected chi connectivity index (χ4v) is 4.03. The van der Waals surface area contributed by atoms with Crippen LogP contribution in [0.5, 0.6) is 0 Å². The van der Waals surface area contributed by atoms with Crippen molar-refractivity contribution in [2.24, 2.45) is 0 Å². The summed E-state index contributed by atoms with van der Waals surface area (Å²) in [5.41, 5.74) is 2.38. The van der Waals surface area contributed by atoms with E-state index in [0.717, 1.165) is 10.4 Å². The first-order chi connectivity index (χ1) is 13.9. The quantitative estimate of drug-likeness (QED) is 0.318. The van der Waals surface area contributed by atoms with Crippen molar-refractivity contribution in [2.75, 3.05) is 5.32 Å². The summed E-state index contributed by atoms with van der Waals surface area (Å²) in [5.74, 6) is -0.445. The van der Waals surface area contributed by atoms with E-state index >= 15 is 0 Å². The largest absolute Gasteiger partial charge is 0.316 e. The molecular weight excluding hydrogens is 410 g/mol. The first kappa shape index (κ1) is 19.0. The molecule has 0 saturated carbocycles. The summed E-state index contributed by atoms with van der Waals surface area (Å²) >= 11 is 7.41. The van der Waals surface area contributed by atoms with Crippen LogP contribution >= 0.6 is 22.9 Å². The van der Waals surface area contributed by atoms with Crippen LogP contribution in [0, 0.1) is 17.0 Å². The standard InChI is InChI=1S/C21H14ClN3O3S/c1-12-6-7-16(18(10-12)25(27)28)24-21(26)14-11-17(19-8-9-20(22)29-19)23-15-5-3-2-4-13(14)15/h2-11H,1H3,(H,24,26). The minimum atomic E-state index is -0.508. The van der Waals surface area contributed by atoms with Crippen molar-refractivity contribution in [1.29, 1.82) is 0 Å². The van der Waals surface area contributed by atoms with Crippen molar-refractivity contribution in [1.82, 2.24) is 4.98 Å². The smallest absolute Gasteiger partial charge is 0.293 e. The number of hydrogen-bond acceptors (Lipinski definition) is 5. The van der Waals surface area contributed by atoms with E-state index in [-0.39, 0.29) is 11.4 Å². The number of carbonyl (C=O) groups is 1. The van der Waals surface area contributed by atoms with Gasteiger partial charge in [0.2, 0.25) is 0 Å². The lowest BCUT2D eigenvalue weighted by Crippen LogP contribution is -2.14. The third-order valence-electron chi connectivity index (χ3n) is 4.38. The summed E-state index contributed by atoms with van der Waals surface area (Å²) in [6, 6.07) is 17.2. The maximum Gasteiger partial charge on any atom is 0.293 e. The van der Waals surface area contributed by atoms with E-state index in [9.17, 15) is 14.9 Å². The second-order valence-electron chi connectivity index (χ2n) is 6.41. The summed E-state index contributed by atoms with van der Waals surface area (Å²) in [7, 11) is 0. The molecule has 2 aromatic carbocycles. The molecule has 29 heavy (non-hydrogen) atoms. The second kappa shape index (κ2) is 7.62. The molecule has 0 atom stereocenters. The van der Waals surface area contributed by atoms with Crippen molar-refractivity contribution < 1.29 is 9.72 Å². The van der Waals surface area contributed by atoms with Crippen molar-refractivity contribution in [3.63, 3.8) is 0 Å². The number of aryl methyl sites for hydroxylation is 1. The molecule has 4 aromatic rings. The number of anilines is 1. The van der Waals surface area contributed by atoms with E-state index in [1.54, 1.807) is 31.2 Å². The topological polar surface area (TPSA) is 85.1 Å². The number of nitrogens with zero attached hydrogens (tertiary/aromatic N) is 2. The average molecular weight is 424 g/mol. The van der Waals surface area contributed by atoms with Crippen LogP contribution in [0.1, 0.15) is 15.9 Å². The molecule has 0 aliphatic rings. The van der Waals surface area contributed by atoms with Crippen LogP contribution in [0.2, 0.25) is 4.34 Å². The van der Waals surface area contributed by atoms with Crippen LogP contribution in [0.4, 0.5) is 11.4 Å². The molecule has 6 nitrogen and oxygen atoms in total. The zero-order chi connectivity index (χ0) is 20.5. The first-order valence-corrected chi connectivity index (χ1v) is 9.84. The molecule has 0 radical (unpaired) electrons. The summed E-state index contributed by atoms with van der Waals surface area (Å²) < 4.78 is 0.622. The van der Waals surface area contributed by atoms with E-state index in [0.29, 0.717) is 26.5 Å². The molecular formula is C21H14ClN3O3S. The Morgan fingerprint density at radius 3 is 2.66 bits per heavy atom. The molecule has 0 spiro atoms. The van der Waals surface area contributed by atoms with Crippen LogP contribution in [0.3, 0.4) is 0 Å². The van der Waals surface area contributed by atoms with Gasteiger partial charge in [-0.1, -0.05) is 35.9 Å². The number of nitrogens with one attached hydrogen (secondary N) is 1. The third kappa shape index (κ3) is 3.83. The number of halogens is 1. The Hall–Kier alpha value is -3.29. The summed E-state index contributed by atoms with van der Waals surface area (Å²) in [6.45, 7) is 1.76. The Balaban J connectivity index is 1.81. The van der Waals surface area contributed by atoms with Gasteiger partial charge in [-0.15, -0.1) is 11.3 Å². The maximum absolute atomic E-state index is 13.1. The van der Waals surface area contributed by atoms with Gasteiger partial charge in [-0.25, -0.2) is 4.98 Å². The zero-order valence-corrected chi connectivity index (χ0v) is 16.8. The van der Waals surface area contributed by atoms with Gasteiger partial charge in [-0.05, 0) is 42.8 Å². The SMILES string of the molecule is Cc1ccc(NC(=O)c2cc(-c3ccc(Cl)s3)nc3ccccc23)c([N+](=O)[O-])c1. The monoisotopic (exact) mass is 423 g/mol. The van der Waals surface area contributed by atoms with Crippen LogP contribution in [-0.4, -0.2) is 15.8 Å². The van der Waals surface area contributed by atoms with Crippen molar-refractivity contribution in [3.8, 4) is 10.6 Å². The molecule has 2 heterocycles. The molecule has 144 valence electrons. The number of para-hydroxylation sites is 1. The number of nitro benzene ring substituents is 1. The lowest BCUT2D eigenvalue weighted by molar-refractivity contribution is -0.384. The van der Waals surface area contributed by atoms with Crippen molar-refractivity contribution >= 4 is 51.1 Å². The maximum atomic E-state index is 13.1. The molecule has 0 saturated heterocycles. The Bertz CT molecular complexity index is 1270. The van der Waals surface area contributed by atoms with Crippen LogP contribution < -0.4 is 5.32 Å². The zero-order valence-electron chi connectivity index (χ0n) is 15.2. The second-order valence-corrected chi connectivity index (χ2v) is 8.12. The Kier molecular flexibility index (Phi) is 5.00. The van der Waals surface area contributed by atoms with E-state index in [1.807, 2.05) is 24.3 Å². The molecule has 1 N–H and O–H groups in total. The molecule has 4 rings (SSSR count). The molecule has 0 bridgehead atoms. The average Bonchev–Trinajstić information content (AvgIpc) is 3.14. The van der Waals surface area contributed by atoms with Crippen molar-refractivity contribution in [2.45, 2.75) is 6.92 Å². The first-order valence-electron chi connectivity index (χ1n) is 8.64. The van der Waals surface area contributed by atoms with Gasteiger partial charge in [0, 0.05) is 11.5 Å². The lowest BCUT2D eigenvalue weighted by Gasteiger charge is -2.10. The lowest BCUT2D eigenvalue weighted by atomic mass is 10.1. The number of carbonyl (C=O) groups excluding carboxylic acids is 1. The normalized spacial score (nSPS) is 10.8. The highest BCUT2D eigenvalue weighted by atomic mass is 35.5. The highest BCUT2D eigenvalue weighted by molar-refractivity contribution is 7.19. The number of fused-ring (bicyclic) bond motifs is 1. The Morgan fingerprint density at radius 1 is 1.14 bits per heavy atom. The number of amides is 1. The van der Waals surface area contributed by atoms with Gasteiger partial charge in [-0.2, -0.15) is 0 Å². The summed E-state index contributed by atoms with van der Waals surface area (Å²) in [5, 5.41) is 14.7. The van der Waals surface area contributed by atoms with Gasteiger partial charge in [0.15, 0.2) is 0 Å². The van der Waals surface area contributed by atoms with Gasteiger partial charge in [0.1, 0.15) is 5.69 Å². The molecule has 2 aromatic heterocycles. The van der Waals surface area contributed by atoms with Gasteiger partial charge in [-0.3, -0.25) is 14.9 Å². The number of pyridine rings is 1. The van der Waals surface area contributed by atoms with Crippen molar-refractivity contribution in [3.05, 3.63) is 86.2 Å². The molecule has 0 aliphatic carbocycles. The molecule has 0 unspecified atom stereocenters. The number of benzene rings is 2. The fourth-order valence-electron chi connectivity index (χ4n) is 3.03. The summed E-state index contributed by atoms with van der Waals surface area (Å²) in [6.07, 6.45) is 0. The summed E-state index contributed by atoms with van der Waals surface area (Å²) in [4.78, 5) is 29.4.